The molecule has 1 atom stereocenters. The summed E-state index contributed by atoms with van der Waals surface area (Å²) in [5, 5.41) is 22.5. The maximum Gasteiger partial charge on any atom is 0.306 e. The molecule has 1 unspecified atom stereocenters. The average molecular weight is 480 g/mol. The Kier molecular flexibility index (Phi) is 7.39. The highest BCUT2D eigenvalue weighted by Gasteiger charge is 2.26. The summed E-state index contributed by atoms with van der Waals surface area (Å²) in [4.78, 5) is 17.5. The van der Waals surface area contributed by atoms with Gasteiger partial charge in [-0.05, 0) is 61.2 Å². The fraction of sp³-hybridized carbons (Fsp3) is 0.296. The van der Waals surface area contributed by atoms with Crippen LogP contribution in [0.5, 0.6) is 0 Å². The molecule has 182 valence electrons. The second kappa shape index (κ2) is 10.6. The molecule has 0 amide bonds. The van der Waals surface area contributed by atoms with Crippen molar-refractivity contribution in [1.29, 1.82) is 0 Å². The maximum atomic E-state index is 14.9. The summed E-state index contributed by atoms with van der Waals surface area (Å²) in [6.07, 6.45) is 2.97. The normalized spacial score (nSPS) is 15.7. The predicted molar refractivity (Wildman–Crippen MR) is 129 cm³/mol. The molecule has 6 nitrogen and oxygen atoms in total. The lowest BCUT2D eigenvalue weighted by atomic mass is 9.85. The van der Waals surface area contributed by atoms with Crippen molar-refractivity contribution < 1.29 is 23.9 Å². The Morgan fingerprint density at radius 2 is 1.83 bits per heavy atom. The van der Waals surface area contributed by atoms with E-state index in [0.717, 1.165) is 23.0 Å². The van der Waals surface area contributed by atoms with E-state index in [1.807, 2.05) is 31.2 Å². The van der Waals surface area contributed by atoms with Crippen molar-refractivity contribution in [3.05, 3.63) is 94.8 Å². The third-order valence-electron chi connectivity index (χ3n) is 6.59. The van der Waals surface area contributed by atoms with Crippen molar-refractivity contribution in [3.63, 3.8) is 0 Å². The predicted octanol–water partition coefficient (Wildman–Crippen LogP) is 5.37. The number of benzene rings is 2. The van der Waals surface area contributed by atoms with Crippen LogP contribution >= 0.6 is 0 Å². The van der Waals surface area contributed by atoms with E-state index < -0.39 is 23.5 Å². The Bertz CT molecular complexity index is 1220. The van der Waals surface area contributed by atoms with Crippen molar-refractivity contribution in [2.75, 3.05) is 18.0 Å². The fourth-order valence-electron chi connectivity index (χ4n) is 4.63. The summed E-state index contributed by atoms with van der Waals surface area (Å²) in [5.74, 6) is -2.93. The number of rotatable bonds is 7. The number of pyridine rings is 1. The van der Waals surface area contributed by atoms with Gasteiger partial charge in [-0.1, -0.05) is 23.4 Å². The lowest BCUT2D eigenvalue weighted by Crippen LogP contribution is -2.36. The minimum atomic E-state index is -0.755. The van der Waals surface area contributed by atoms with E-state index in [9.17, 15) is 23.9 Å². The molecule has 3 aromatic rings. The van der Waals surface area contributed by atoms with E-state index in [0.29, 0.717) is 42.8 Å². The molecule has 8 heteroatoms. The first-order valence-corrected chi connectivity index (χ1v) is 11.5. The lowest BCUT2D eigenvalue weighted by Gasteiger charge is -2.32. The summed E-state index contributed by atoms with van der Waals surface area (Å²) in [5.41, 5.74) is 3.83. The van der Waals surface area contributed by atoms with Gasteiger partial charge < -0.3 is 15.2 Å². The zero-order valence-electron chi connectivity index (χ0n) is 19.4. The standard InChI is InChI=1S/C27H27F2N3O3/c1-17-14-20(8-11-30-17)26(31-35)16-24(23-7-4-21(28)15-25(23)29)18-2-5-22(6-3-18)32-12-9-19(10-13-32)27(33)34/h2-8,11,14-15,19,24,35H,9-10,12-13,16H2,1H3,(H,33,34)/b31-26+. The first-order valence-electron chi connectivity index (χ1n) is 11.5. The molecule has 1 fully saturated rings. The van der Waals surface area contributed by atoms with E-state index in [4.69, 9.17) is 0 Å². The molecule has 0 radical (unpaired) electrons. The van der Waals surface area contributed by atoms with Crippen LogP contribution in [0.25, 0.3) is 0 Å². The van der Waals surface area contributed by atoms with Crippen molar-refractivity contribution in [3.8, 4) is 0 Å². The average Bonchev–Trinajstić information content (AvgIpc) is 2.86. The van der Waals surface area contributed by atoms with Gasteiger partial charge in [0.15, 0.2) is 0 Å². The molecule has 2 N–H and O–H groups in total. The van der Waals surface area contributed by atoms with Gasteiger partial charge in [-0.25, -0.2) is 8.78 Å². The van der Waals surface area contributed by atoms with Crippen LogP contribution in [0, 0.1) is 24.5 Å². The van der Waals surface area contributed by atoms with Gasteiger partial charge in [-0.3, -0.25) is 9.78 Å². The monoisotopic (exact) mass is 479 g/mol. The summed E-state index contributed by atoms with van der Waals surface area (Å²) < 4.78 is 28.5. The first kappa shape index (κ1) is 24.3. The molecular weight excluding hydrogens is 452 g/mol. The van der Waals surface area contributed by atoms with Crippen LogP contribution in [0.1, 0.15) is 47.6 Å². The molecule has 4 rings (SSSR count). The van der Waals surface area contributed by atoms with Gasteiger partial charge in [0.05, 0.1) is 11.6 Å². The number of aliphatic carboxylic acids is 1. The summed E-state index contributed by atoms with van der Waals surface area (Å²) >= 11 is 0. The van der Waals surface area contributed by atoms with Crippen LogP contribution in [-0.2, 0) is 4.79 Å². The van der Waals surface area contributed by atoms with E-state index in [-0.39, 0.29) is 12.3 Å². The highest BCUT2D eigenvalue weighted by Crippen LogP contribution is 2.34. The Labute approximate surface area is 202 Å². The van der Waals surface area contributed by atoms with E-state index in [2.05, 4.69) is 15.0 Å². The topological polar surface area (TPSA) is 86.0 Å². The van der Waals surface area contributed by atoms with Gasteiger partial charge in [0, 0.05) is 54.6 Å². The number of nitrogens with zero attached hydrogens (tertiary/aromatic N) is 3. The van der Waals surface area contributed by atoms with Gasteiger partial charge in [0.25, 0.3) is 0 Å². The van der Waals surface area contributed by atoms with Gasteiger partial charge in [-0.15, -0.1) is 0 Å². The van der Waals surface area contributed by atoms with E-state index >= 15 is 0 Å². The van der Waals surface area contributed by atoms with Crippen LogP contribution in [0.15, 0.2) is 65.9 Å². The smallest absolute Gasteiger partial charge is 0.306 e. The number of aromatic nitrogens is 1. The quantitative estimate of drug-likeness (QED) is 0.270. The Morgan fingerprint density at radius 1 is 1.11 bits per heavy atom. The molecule has 1 aromatic heterocycles. The van der Waals surface area contributed by atoms with Gasteiger partial charge in [0.2, 0.25) is 0 Å². The zero-order chi connectivity index (χ0) is 24.9. The maximum absolute atomic E-state index is 14.9. The van der Waals surface area contributed by atoms with Gasteiger partial charge in [0.1, 0.15) is 11.6 Å². The van der Waals surface area contributed by atoms with Crippen LogP contribution < -0.4 is 4.90 Å². The molecular formula is C27H27F2N3O3. The molecule has 1 saturated heterocycles. The number of carboxylic acid groups (broad SMARTS) is 1. The second-order valence-electron chi connectivity index (χ2n) is 8.85. The molecule has 1 aliphatic heterocycles. The Hall–Kier alpha value is -3.81. The third-order valence-corrected chi connectivity index (χ3v) is 6.59. The molecule has 2 aromatic carbocycles. The zero-order valence-corrected chi connectivity index (χ0v) is 19.4. The van der Waals surface area contributed by atoms with Crippen molar-refractivity contribution in [1.82, 2.24) is 4.98 Å². The van der Waals surface area contributed by atoms with E-state index in [1.54, 1.807) is 18.3 Å². The number of hydrogen-bond acceptors (Lipinski definition) is 5. The number of piperidine rings is 1. The van der Waals surface area contributed by atoms with E-state index in [1.165, 1.54) is 12.1 Å². The Balaban J connectivity index is 1.63. The molecule has 0 bridgehead atoms. The molecule has 0 aliphatic carbocycles. The summed E-state index contributed by atoms with van der Waals surface area (Å²) in [6.45, 7) is 3.12. The second-order valence-corrected chi connectivity index (χ2v) is 8.85. The largest absolute Gasteiger partial charge is 0.481 e. The molecule has 2 heterocycles. The highest BCUT2D eigenvalue weighted by atomic mass is 19.1. The van der Waals surface area contributed by atoms with Gasteiger partial charge >= 0.3 is 5.97 Å². The van der Waals surface area contributed by atoms with Crippen LogP contribution in [-0.4, -0.2) is 40.1 Å². The van der Waals surface area contributed by atoms with Gasteiger partial charge in [-0.2, -0.15) is 0 Å². The number of oxime groups is 1. The minimum Gasteiger partial charge on any atom is -0.481 e. The number of aryl methyl sites for hydroxylation is 1. The van der Waals surface area contributed by atoms with Crippen LogP contribution in [0.3, 0.4) is 0 Å². The first-order chi connectivity index (χ1) is 16.9. The number of hydrogen-bond donors (Lipinski definition) is 2. The van der Waals surface area contributed by atoms with Crippen LogP contribution in [0.4, 0.5) is 14.5 Å². The van der Waals surface area contributed by atoms with Crippen molar-refractivity contribution in [2.45, 2.75) is 32.1 Å². The van der Waals surface area contributed by atoms with Crippen LogP contribution in [0.2, 0.25) is 0 Å². The molecule has 1 aliphatic rings. The van der Waals surface area contributed by atoms with Crippen molar-refractivity contribution in [2.24, 2.45) is 11.1 Å². The fourth-order valence-corrected chi connectivity index (χ4v) is 4.63. The number of halogens is 2. The highest BCUT2D eigenvalue weighted by molar-refractivity contribution is 6.00. The molecule has 0 spiro atoms. The minimum absolute atomic E-state index is 0.186. The number of carbonyl (C=O) groups is 1. The third kappa shape index (κ3) is 5.65. The molecule has 0 saturated carbocycles. The SMILES string of the molecule is Cc1cc(/C(CC(c2ccc(N3CCC(C(=O)O)CC3)cc2)c2ccc(F)cc2F)=N/O)ccn1. The Morgan fingerprint density at radius 3 is 2.43 bits per heavy atom. The number of anilines is 1. The summed E-state index contributed by atoms with van der Waals surface area (Å²) in [6, 6.07) is 14.6. The lowest BCUT2D eigenvalue weighted by molar-refractivity contribution is -0.142. The molecule has 35 heavy (non-hydrogen) atoms. The van der Waals surface area contributed by atoms with Crippen molar-refractivity contribution >= 4 is 17.4 Å². The number of carboxylic acids is 1. The summed E-state index contributed by atoms with van der Waals surface area (Å²) in [7, 11) is 0.